The van der Waals surface area contributed by atoms with E-state index in [1.54, 1.807) is 31.2 Å². The average Bonchev–Trinajstić information content (AvgIpc) is 2.82. The molecule has 2 rings (SSSR count). The number of anilines is 1. The first-order valence-corrected chi connectivity index (χ1v) is 10.3. The Hall–Kier alpha value is -2.65. The molecule has 3 atom stereocenters. The quantitative estimate of drug-likeness (QED) is 0.0501. The molecule has 1 heterocycles. The number of nitrogens with zero attached hydrogens (tertiary/aromatic N) is 1. The summed E-state index contributed by atoms with van der Waals surface area (Å²) >= 11 is 0. The summed E-state index contributed by atoms with van der Waals surface area (Å²) in [6.45, 7) is 0.588. The smallest absolute Gasteiger partial charge is 0.542 e. The van der Waals surface area contributed by atoms with Gasteiger partial charge in [-0.3, -0.25) is 9.79 Å². The fourth-order valence-corrected chi connectivity index (χ4v) is 3.11. The van der Waals surface area contributed by atoms with Crippen LogP contribution in [0.1, 0.15) is 25.3 Å². The van der Waals surface area contributed by atoms with Gasteiger partial charge in [0, 0.05) is 18.6 Å². The monoisotopic (exact) mass is 501 g/mol. The molecule has 0 bridgehead atoms. The number of aliphatic imine (C=N–C) groups is 1. The van der Waals surface area contributed by atoms with Gasteiger partial charge < -0.3 is 41.0 Å². The molecule has 1 aromatic rings. The van der Waals surface area contributed by atoms with Gasteiger partial charge in [-0.05, 0) is 25.5 Å². The van der Waals surface area contributed by atoms with Gasteiger partial charge in [-0.25, -0.2) is 11.0 Å². The summed E-state index contributed by atoms with van der Waals surface area (Å²) in [5.74, 6) is -2.22. The van der Waals surface area contributed by atoms with E-state index >= 15 is 0 Å². The number of hydroxylamine groups is 2. The molecule has 3 unspecified atom stereocenters. The summed E-state index contributed by atoms with van der Waals surface area (Å²) < 4.78 is 5.30. The van der Waals surface area contributed by atoms with E-state index in [-0.39, 0.29) is 60.5 Å². The van der Waals surface area contributed by atoms with Crippen molar-refractivity contribution in [1.82, 2.24) is 11.0 Å². The molecule has 1 aliphatic heterocycles. The molecule has 1 amide bonds. The van der Waals surface area contributed by atoms with Gasteiger partial charge >= 0.3 is 29.6 Å². The number of aliphatic carboxylic acids is 1. The topological polar surface area (TPSA) is 211 Å². The van der Waals surface area contributed by atoms with Gasteiger partial charge in [0.1, 0.15) is 30.3 Å². The first kappa shape index (κ1) is 30.4. The molecule has 0 spiro atoms. The Bertz CT molecular complexity index is 955. The second-order valence-corrected chi connectivity index (χ2v) is 7.21. The summed E-state index contributed by atoms with van der Waals surface area (Å²) in [5, 5.41) is 41.8. The number of hydrogen-bond donors (Lipinski definition) is 7. The van der Waals surface area contributed by atoms with Gasteiger partial charge in [0.25, 0.3) is 0 Å². The van der Waals surface area contributed by atoms with E-state index in [1.165, 1.54) is 12.3 Å². The van der Waals surface area contributed by atoms with E-state index < -0.39 is 42.5 Å². The fourth-order valence-electron chi connectivity index (χ4n) is 3.11. The second kappa shape index (κ2) is 15.4. The van der Waals surface area contributed by atoms with E-state index in [2.05, 4.69) is 21.3 Å². The number of ether oxygens (including phenoxy) is 1. The third-order valence-electron chi connectivity index (χ3n) is 4.68. The Balaban J connectivity index is 0.00000612. The molecule has 13 nitrogen and oxygen atoms in total. The number of para-hydroxylation sites is 1. The third-order valence-corrected chi connectivity index (χ3v) is 4.68. The summed E-state index contributed by atoms with van der Waals surface area (Å²) in [6.07, 6.45) is 0.599. The average molecular weight is 501 g/mol. The fraction of sp³-hybridized carbons (Fsp3) is 0.381. The van der Waals surface area contributed by atoms with Crippen molar-refractivity contribution >= 4 is 29.1 Å². The van der Waals surface area contributed by atoms with Crippen LogP contribution in [0.5, 0.6) is 0 Å². The van der Waals surface area contributed by atoms with Crippen LogP contribution in [-0.4, -0.2) is 64.5 Å². The van der Waals surface area contributed by atoms with Crippen molar-refractivity contribution in [2.75, 3.05) is 18.5 Å². The van der Waals surface area contributed by atoms with Crippen molar-refractivity contribution < 1.29 is 69.2 Å². The van der Waals surface area contributed by atoms with E-state index in [0.717, 1.165) is 0 Å². The molecule has 0 saturated heterocycles. The zero-order valence-corrected chi connectivity index (χ0v) is 21.4. The molecule has 8 N–H and O–H groups in total. The number of amidine groups is 1. The molecule has 35 heavy (non-hydrogen) atoms. The number of aliphatic hydroxyl groups is 3. The van der Waals surface area contributed by atoms with Gasteiger partial charge in [0.05, 0.1) is 29.7 Å². The predicted octanol–water partition coefficient (Wildman–Crippen LogP) is -5.14. The number of rotatable bonds is 11. The molecule has 14 heteroatoms. The van der Waals surface area contributed by atoms with Crippen molar-refractivity contribution in [2.24, 2.45) is 10.7 Å². The largest absolute Gasteiger partial charge is 1.00 e. The van der Waals surface area contributed by atoms with Crippen LogP contribution in [-0.2, 0) is 19.3 Å². The van der Waals surface area contributed by atoms with E-state index in [9.17, 15) is 19.8 Å². The number of benzene rings is 1. The summed E-state index contributed by atoms with van der Waals surface area (Å²) in [5.41, 5.74) is 12.1. The third kappa shape index (κ3) is 9.49. The van der Waals surface area contributed by atoms with Crippen molar-refractivity contribution in [3.05, 3.63) is 47.9 Å². The van der Waals surface area contributed by atoms with Gasteiger partial charge in [-0.2, -0.15) is 4.94 Å². The van der Waals surface area contributed by atoms with Gasteiger partial charge in [0.2, 0.25) is 5.91 Å². The summed E-state index contributed by atoms with van der Waals surface area (Å²) in [4.78, 5) is 32.0. The normalized spacial score (nSPS) is 18.9. The van der Waals surface area contributed by atoms with Crippen molar-refractivity contribution in [2.45, 2.75) is 38.0 Å². The van der Waals surface area contributed by atoms with Gasteiger partial charge in [-0.15, -0.1) is 0 Å². The number of carboxylic acid groups (broad SMARTS) is 1. The zero-order valence-electron chi connectivity index (χ0n) is 19.4. The minimum absolute atomic E-state index is 0. The van der Waals surface area contributed by atoms with Crippen molar-refractivity contribution in [1.29, 1.82) is 0 Å². The molecule has 1 aliphatic rings. The number of aliphatic hydroxyl groups excluding tert-OH is 3. The number of carbonyl (C=O) groups is 2. The predicted molar refractivity (Wildman–Crippen MR) is 119 cm³/mol. The Labute approximate surface area is 223 Å². The maximum absolute atomic E-state index is 11.5. The number of hydrogen-bond acceptors (Lipinski definition) is 11. The standard InChI is InChI=1S/C21H29N5O8.Na/c1-12(24-16-6-7-18(21(31)32)33-20(16)17(29)8-9-27)26-34-23-10-14(22)13-4-2-3-5-15(13)25-19(30)11-28;/h2-5,7,10,16-17,20,23,27-29H,6,8-9,11,22H2,1H3,(H,24,26)(H,25,30)(H,31,32);/q;+1/p-1/b14-10-;. The van der Waals surface area contributed by atoms with Crippen LogP contribution >= 0.6 is 0 Å². The Morgan fingerprint density at radius 3 is 2.74 bits per heavy atom. The molecule has 186 valence electrons. The first-order chi connectivity index (χ1) is 16.3. The Morgan fingerprint density at radius 2 is 2.09 bits per heavy atom. The number of carbonyl (C=O) groups excluding carboxylic acids is 2. The van der Waals surface area contributed by atoms with E-state index in [0.29, 0.717) is 11.3 Å². The molecular weight excluding hydrogens is 473 g/mol. The van der Waals surface area contributed by atoms with Crippen LogP contribution in [0.4, 0.5) is 5.69 Å². The minimum Gasteiger partial charge on any atom is -0.542 e. The van der Waals surface area contributed by atoms with Crippen LogP contribution in [0.3, 0.4) is 0 Å². The minimum atomic E-state index is -1.51. The van der Waals surface area contributed by atoms with Crippen molar-refractivity contribution in [3.63, 3.8) is 0 Å². The van der Waals surface area contributed by atoms with Gasteiger partial charge in [-0.1, -0.05) is 18.2 Å². The molecule has 0 fully saturated rings. The SMILES string of the molecule is CC(=NC1CC=C(C(=O)[O-])OC1C(O)CCO)NON/C=C(\N)c1ccccc1NC(=O)CO.[Na+]. The Kier molecular flexibility index (Phi) is 13.3. The maximum atomic E-state index is 11.5. The number of nitrogens with two attached hydrogens (primary N) is 1. The van der Waals surface area contributed by atoms with Crippen LogP contribution in [0.25, 0.3) is 5.70 Å². The van der Waals surface area contributed by atoms with E-state index in [4.69, 9.17) is 25.6 Å². The van der Waals surface area contributed by atoms with Gasteiger partial charge in [0.15, 0.2) is 0 Å². The number of carboxylic acids is 1. The van der Waals surface area contributed by atoms with Crippen LogP contribution in [0.2, 0.25) is 0 Å². The zero-order chi connectivity index (χ0) is 25.1. The second-order valence-electron chi connectivity index (χ2n) is 7.21. The van der Waals surface area contributed by atoms with Crippen LogP contribution in [0.15, 0.2) is 47.3 Å². The maximum Gasteiger partial charge on any atom is 1.00 e. The number of nitrogens with one attached hydrogen (secondary N) is 3. The Morgan fingerprint density at radius 1 is 1.37 bits per heavy atom. The molecule has 0 aromatic heterocycles. The molecule has 1 aromatic carbocycles. The van der Waals surface area contributed by atoms with Crippen molar-refractivity contribution in [3.8, 4) is 0 Å². The summed E-state index contributed by atoms with van der Waals surface area (Å²) in [7, 11) is 0. The summed E-state index contributed by atoms with van der Waals surface area (Å²) in [6, 6.07) is 6.04. The van der Waals surface area contributed by atoms with Crippen LogP contribution < -0.4 is 56.7 Å². The molecule has 0 radical (unpaired) electrons. The van der Waals surface area contributed by atoms with Crippen LogP contribution in [0, 0.1) is 0 Å². The molecule has 0 saturated carbocycles. The number of amides is 1. The van der Waals surface area contributed by atoms with E-state index in [1.807, 2.05) is 0 Å². The first-order valence-electron chi connectivity index (χ1n) is 10.3. The molecular formula is C21H28N5NaO8. The molecule has 0 aliphatic carbocycles.